The van der Waals surface area contributed by atoms with Crippen molar-refractivity contribution in [3.63, 3.8) is 0 Å². The van der Waals surface area contributed by atoms with Gasteiger partial charge >= 0.3 is 0 Å². The summed E-state index contributed by atoms with van der Waals surface area (Å²) in [5.74, 6) is -0.397. The minimum Gasteiger partial charge on any atom is -0.388 e. The van der Waals surface area contributed by atoms with Gasteiger partial charge in [-0.05, 0) is 47.4 Å². The first kappa shape index (κ1) is 20.7. The van der Waals surface area contributed by atoms with Gasteiger partial charge in [-0.2, -0.15) is 5.26 Å². The van der Waals surface area contributed by atoms with Crippen molar-refractivity contribution in [2.45, 2.75) is 19.8 Å². The molecule has 3 nitrogen and oxygen atoms in total. The van der Waals surface area contributed by atoms with E-state index < -0.39 is 5.82 Å². The molecule has 0 aliphatic carbocycles. The van der Waals surface area contributed by atoms with Gasteiger partial charge in [0.25, 0.3) is 0 Å². The largest absolute Gasteiger partial charge is 0.388 e. The Balaban J connectivity index is 2.11. The minimum atomic E-state index is -0.397. The van der Waals surface area contributed by atoms with Gasteiger partial charge in [0.2, 0.25) is 0 Å². The Morgan fingerprint density at radius 2 is 2.07 bits per heavy atom. The average Bonchev–Trinajstić information content (AvgIpc) is 2.70. The van der Waals surface area contributed by atoms with Gasteiger partial charge in [-0.25, -0.2) is 4.39 Å². The third-order valence-corrected chi connectivity index (χ3v) is 5.36. The molecule has 1 aliphatic heterocycles. The lowest BCUT2D eigenvalue weighted by Crippen LogP contribution is -2.23. The molecule has 148 valence electrons. The standard InChI is InChI=1S/C24H23ClFN3/c1-15(2)20-14-29(10-6-9-27)23-13-22(28-4)18(12-19(23)16(20)3)11-17-7-5-8-21(25)24(17)26/h5,7-8,12-14,28H,1,3,6,10-11H2,2,4H3. The van der Waals surface area contributed by atoms with E-state index in [0.717, 1.165) is 39.2 Å². The highest BCUT2D eigenvalue weighted by Gasteiger charge is 2.23. The Hall–Kier alpha value is -3.03. The Kier molecular flexibility index (Phi) is 6.10. The van der Waals surface area contributed by atoms with Crippen molar-refractivity contribution in [2.75, 3.05) is 23.8 Å². The van der Waals surface area contributed by atoms with Gasteiger partial charge in [0.15, 0.2) is 0 Å². The molecule has 0 atom stereocenters. The highest BCUT2D eigenvalue weighted by atomic mass is 35.5. The molecule has 0 spiro atoms. The number of nitrogens with one attached hydrogen (secondary N) is 1. The van der Waals surface area contributed by atoms with Crippen LogP contribution in [0.5, 0.6) is 0 Å². The summed E-state index contributed by atoms with van der Waals surface area (Å²) in [5, 5.41) is 12.4. The fourth-order valence-corrected chi connectivity index (χ4v) is 3.75. The third-order valence-electron chi connectivity index (χ3n) is 5.07. The van der Waals surface area contributed by atoms with Crippen molar-refractivity contribution in [1.82, 2.24) is 0 Å². The van der Waals surface area contributed by atoms with Gasteiger partial charge in [0, 0.05) is 43.0 Å². The van der Waals surface area contributed by atoms with Crippen molar-refractivity contribution >= 4 is 28.5 Å². The summed E-state index contributed by atoms with van der Waals surface area (Å²) in [6.45, 7) is 10.8. The first-order valence-corrected chi connectivity index (χ1v) is 9.73. The molecule has 0 saturated heterocycles. The van der Waals surface area contributed by atoms with Crippen LogP contribution in [0.1, 0.15) is 30.0 Å². The first-order chi connectivity index (χ1) is 13.9. The van der Waals surface area contributed by atoms with E-state index in [9.17, 15) is 4.39 Å². The number of fused-ring (bicyclic) bond motifs is 1. The van der Waals surface area contributed by atoms with Crippen LogP contribution < -0.4 is 10.2 Å². The molecular weight excluding hydrogens is 385 g/mol. The topological polar surface area (TPSA) is 39.1 Å². The van der Waals surface area contributed by atoms with E-state index in [1.54, 1.807) is 18.2 Å². The quantitative estimate of drug-likeness (QED) is 0.609. The van der Waals surface area contributed by atoms with Gasteiger partial charge in [-0.3, -0.25) is 0 Å². The molecule has 29 heavy (non-hydrogen) atoms. The van der Waals surface area contributed by atoms with Crippen molar-refractivity contribution in [3.05, 3.63) is 88.4 Å². The second-order valence-electron chi connectivity index (χ2n) is 7.07. The molecule has 5 heteroatoms. The van der Waals surface area contributed by atoms with Crippen molar-refractivity contribution in [3.8, 4) is 6.07 Å². The molecule has 0 bridgehead atoms. The van der Waals surface area contributed by atoms with Crippen LogP contribution in [-0.2, 0) is 6.42 Å². The van der Waals surface area contributed by atoms with Crippen molar-refractivity contribution in [2.24, 2.45) is 0 Å². The Bertz CT molecular complexity index is 1060. The summed E-state index contributed by atoms with van der Waals surface area (Å²) in [6.07, 6.45) is 2.80. The molecular formula is C24H23ClFN3. The predicted octanol–water partition coefficient (Wildman–Crippen LogP) is 6.32. The van der Waals surface area contributed by atoms with Gasteiger partial charge in [-0.15, -0.1) is 0 Å². The van der Waals surface area contributed by atoms with Crippen LogP contribution in [0.2, 0.25) is 5.02 Å². The zero-order valence-corrected chi connectivity index (χ0v) is 17.4. The Morgan fingerprint density at radius 1 is 1.31 bits per heavy atom. The highest BCUT2D eigenvalue weighted by Crippen LogP contribution is 2.42. The number of hydrogen-bond donors (Lipinski definition) is 1. The molecule has 3 rings (SSSR count). The lowest BCUT2D eigenvalue weighted by Gasteiger charge is -2.32. The zero-order valence-electron chi connectivity index (χ0n) is 16.6. The highest BCUT2D eigenvalue weighted by molar-refractivity contribution is 6.30. The second kappa shape index (κ2) is 8.55. The van der Waals surface area contributed by atoms with Gasteiger partial charge in [0.05, 0.1) is 23.2 Å². The summed E-state index contributed by atoms with van der Waals surface area (Å²) >= 11 is 5.96. The Labute approximate surface area is 176 Å². The molecule has 0 aromatic heterocycles. The van der Waals surface area contributed by atoms with Crippen LogP contribution in [0.4, 0.5) is 15.8 Å². The fraction of sp³-hybridized carbons (Fsp3) is 0.208. The molecule has 0 unspecified atom stereocenters. The monoisotopic (exact) mass is 407 g/mol. The second-order valence-corrected chi connectivity index (χ2v) is 7.48. The summed E-state index contributed by atoms with van der Waals surface area (Å²) in [7, 11) is 1.84. The van der Waals surface area contributed by atoms with Crippen LogP contribution in [0.25, 0.3) is 5.57 Å². The molecule has 1 N–H and O–H groups in total. The maximum Gasteiger partial charge on any atom is 0.145 e. The zero-order chi connectivity index (χ0) is 21.1. The van der Waals surface area contributed by atoms with E-state index in [1.807, 2.05) is 32.3 Å². The number of hydrogen-bond acceptors (Lipinski definition) is 3. The lowest BCUT2D eigenvalue weighted by atomic mass is 9.88. The smallest absolute Gasteiger partial charge is 0.145 e. The summed E-state index contributed by atoms with van der Waals surface area (Å²) in [5.41, 5.74) is 7.02. The third kappa shape index (κ3) is 4.06. The van der Waals surface area contributed by atoms with Crippen LogP contribution >= 0.6 is 11.6 Å². The number of nitrogens with zero attached hydrogens (tertiary/aromatic N) is 2. The minimum absolute atomic E-state index is 0.117. The SMILES string of the molecule is C=C(C)C1=CN(CCC#N)c2cc(NC)c(Cc3cccc(Cl)c3F)cc2C1=C. The van der Waals surface area contributed by atoms with Crippen LogP contribution in [0.15, 0.2) is 60.8 Å². The van der Waals surface area contributed by atoms with Crippen molar-refractivity contribution in [1.29, 1.82) is 5.26 Å². The van der Waals surface area contributed by atoms with Crippen molar-refractivity contribution < 1.29 is 4.39 Å². The number of halogens is 2. The van der Waals surface area contributed by atoms with E-state index in [4.69, 9.17) is 16.9 Å². The molecule has 0 fully saturated rings. The average molecular weight is 408 g/mol. The maximum atomic E-state index is 14.5. The number of nitriles is 1. The number of anilines is 2. The number of rotatable bonds is 6. The fourth-order valence-electron chi connectivity index (χ4n) is 3.55. The van der Waals surface area contributed by atoms with E-state index in [-0.39, 0.29) is 5.02 Å². The van der Waals surface area contributed by atoms with Crippen LogP contribution in [0, 0.1) is 17.1 Å². The van der Waals surface area contributed by atoms with Gasteiger partial charge in [-0.1, -0.05) is 36.9 Å². The van der Waals surface area contributed by atoms with E-state index >= 15 is 0 Å². The summed E-state index contributed by atoms with van der Waals surface area (Å²) in [4.78, 5) is 2.06. The van der Waals surface area contributed by atoms with E-state index in [0.29, 0.717) is 24.9 Å². The van der Waals surface area contributed by atoms with E-state index in [1.165, 1.54) is 0 Å². The summed E-state index contributed by atoms with van der Waals surface area (Å²) in [6, 6.07) is 11.3. The first-order valence-electron chi connectivity index (χ1n) is 9.35. The van der Waals surface area contributed by atoms with Gasteiger partial charge < -0.3 is 10.2 Å². The van der Waals surface area contributed by atoms with E-state index in [2.05, 4.69) is 29.4 Å². The van der Waals surface area contributed by atoms with Crippen LogP contribution in [-0.4, -0.2) is 13.6 Å². The number of allylic oxidation sites excluding steroid dienone is 3. The number of benzene rings is 2. The van der Waals surface area contributed by atoms with Gasteiger partial charge in [0.1, 0.15) is 5.82 Å². The van der Waals surface area contributed by atoms with Crippen LogP contribution in [0.3, 0.4) is 0 Å². The molecule has 2 aromatic rings. The predicted molar refractivity (Wildman–Crippen MR) is 120 cm³/mol. The molecule has 0 amide bonds. The molecule has 1 aliphatic rings. The molecule has 0 saturated carbocycles. The summed E-state index contributed by atoms with van der Waals surface area (Å²) < 4.78 is 14.5. The Morgan fingerprint density at radius 3 is 2.72 bits per heavy atom. The lowest BCUT2D eigenvalue weighted by molar-refractivity contribution is 0.614. The molecule has 0 radical (unpaired) electrons. The normalized spacial score (nSPS) is 12.9. The maximum absolute atomic E-state index is 14.5. The molecule has 1 heterocycles. The molecule has 2 aromatic carbocycles.